The summed E-state index contributed by atoms with van der Waals surface area (Å²) in [6.45, 7) is 8.14. The summed E-state index contributed by atoms with van der Waals surface area (Å²) in [7, 11) is 2.16. The minimum Gasteiger partial charge on any atom is -0.369 e. The molecule has 2 N–H and O–H groups in total. The molecule has 0 atom stereocenters. The number of halogens is 1. The third-order valence-electron chi connectivity index (χ3n) is 8.97. The normalized spacial score (nSPS) is 19.2. The van der Waals surface area contributed by atoms with E-state index in [0.29, 0.717) is 28.6 Å². The van der Waals surface area contributed by atoms with Gasteiger partial charge in [0, 0.05) is 78.2 Å². The van der Waals surface area contributed by atoms with Crippen molar-refractivity contribution in [2.75, 3.05) is 43.4 Å². The molecule has 3 heterocycles. The van der Waals surface area contributed by atoms with E-state index in [-0.39, 0.29) is 23.6 Å². The van der Waals surface area contributed by atoms with Crippen molar-refractivity contribution >= 4 is 45.9 Å². The summed E-state index contributed by atoms with van der Waals surface area (Å²) >= 11 is 6.15. The molecule has 0 bridgehead atoms. The zero-order valence-corrected chi connectivity index (χ0v) is 26.4. The summed E-state index contributed by atoms with van der Waals surface area (Å²) in [5.41, 5.74) is 5.26. The molecule has 44 heavy (non-hydrogen) atoms. The lowest BCUT2D eigenvalue weighted by Crippen LogP contribution is -2.44. The van der Waals surface area contributed by atoms with E-state index in [9.17, 15) is 9.59 Å². The first kappa shape index (κ1) is 30.1. The second-order valence-corrected chi connectivity index (χ2v) is 12.5. The van der Waals surface area contributed by atoms with Crippen LogP contribution in [-0.2, 0) is 4.79 Å². The van der Waals surface area contributed by atoms with Gasteiger partial charge in [0.25, 0.3) is 5.56 Å². The summed E-state index contributed by atoms with van der Waals surface area (Å²) in [4.78, 5) is 40.5. The third-order valence-corrected chi connectivity index (χ3v) is 9.23. The van der Waals surface area contributed by atoms with Gasteiger partial charge in [-0.25, -0.2) is 4.98 Å². The molecule has 2 aliphatic rings. The molecule has 0 spiro atoms. The molecule has 2 fully saturated rings. The van der Waals surface area contributed by atoms with Crippen LogP contribution in [-0.4, -0.2) is 64.6 Å². The maximum absolute atomic E-state index is 14.2. The lowest BCUT2D eigenvalue weighted by Gasteiger charge is -2.35. The lowest BCUT2D eigenvalue weighted by atomic mass is 9.90. The van der Waals surface area contributed by atoms with Crippen LogP contribution in [0.15, 0.2) is 59.5 Å². The average molecular weight is 614 g/mol. The van der Waals surface area contributed by atoms with E-state index in [1.807, 2.05) is 29.7 Å². The summed E-state index contributed by atoms with van der Waals surface area (Å²) < 4.78 is 1.85. The van der Waals surface area contributed by atoms with Crippen molar-refractivity contribution in [1.82, 2.24) is 24.8 Å². The number of anilines is 3. The molecule has 0 radical (unpaired) electrons. The molecule has 2 aromatic carbocycles. The van der Waals surface area contributed by atoms with Gasteiger partial charge in [-0.1, -0.05) is 30.7 Å². The van der Waals surface area contributed by atoms with Gasteiger partial charge in [-0.15, -0.1) is 0 Å². The number of fused-ring (bicyclic) bond motifs is 1. The van der Waals surface area contributed by atoms with Gasteiger partial charge in [0.15, 0.2) is 0 Å². The zero-order valence-electron chi connectivity index (χ0n) is 25.6. The fourth-order valence-corrected chi connectivity index (χ4v) is 6.55. The number of hydrogen-bond acceptors (Lipinski definition) is 7. The van der Waals surface area contributed by atoms with E-state index in [2.05, 4.69) is 57.6 Å². The van der Waals surface area contributed by atoms with E-state index >= 15 is 0 Å². The SMILES string of the molecule is CCC(=O)N[C@H]1CC[C@H](n2c(=O)c(-c3ccc(Cl)cc3)cc3cnc(Nc4ccc(N5CCN(C)CC5)c(C)c4)nc32)CC1. The third kappa shape index (κ3) is 6.44. The van der Waals surface area contributed by atoms with Crippen molar-refractivity contribution in [1.29, 1.82) is 0 Å². The highest BCUT2D eigenvalue weighted by Crippen LogP contribution is 2.32. The predicted molar refractivity (Wildman–Crippen MR) is 178 cm³/mol. The molecule has 6 rings (SSSR count). The number of pyridine rings is 1. The number of likely N-dealkylation sites (N-methyl/N-ethyl adjacent to an activating group) is 1. The predicted octanol–water partition coefficient (Wildman–Crippen LogP) is 5.93. The number of aromatic nitrogens is 3. The molecular formula is C34H40ClN7O2. The largest absolute Gasteiger partial charge is 0.369 e. The van der Waals surface area contributed by atoms with Gasteiger partial charge in [-0.2, -0.15) is 4.98 Å². The molecule has 9 nitrogen and oxygen atoms in total. The van der Waals surface area contributed by atoms with Crippen molar-refractivity contribution in [3.05, 3.63) is 75.7 Å². The van der Waals surface area contributed by atoms with Gasteiger partial charge in [-0.05, 0) is 87.2 Å². The van der Waals surface area contributed by atoms with Crippen LogP contribution in [0, 0.1) is 6.92 Å². The Morgan fingerprint density at radius 3 is 2.41 bits per heavy atom. The number of aryl methyl sites for hydroxylation is 1. The molecule has 1 aliphatic carbocycles. The molecule has 1 saturated carbocycles. The van der Waals surface area contributed by atoms with Gasteiger partial charge in [0.05, 0.1) is 0 Å². The van der Waals surface area contributed by atoms with Crippen molar-refractivity contribution in [3.8, 4) is 11.1 Å². The van der Waals surface area contributed by atoms with Crippen molar-refractivity contribution in [3.63, 3.8) is 0 Å². The van der Waals surface area contributed by atoms with Crippen LogP contribution in [0.5, 0.6) is 0 Å². The smallest absolute Gasteiger partial charge is 0.260 e. The van der Waals surface area contributed by atoms with Crippen LogP contribution < -0.4 is 21.1 Å². The van der Waals surface area contributed by atoms with Gasteiger partial charge >= 0.3 is 0 Å². The summed E-state index contributed by atoms with van der Waals surface area (Å²) in [6, 6.07) is 15.7. The standard InChI is InChI=1S/C34H40ClN7O2/c1-4-31(43)37-26-9-12-28(13-10-26)42-32-24(20-29(33(42)44)23-5-7-25(35)8-6-23)21-36-34(39-32)38-27-11-14-30(22(2)19-27)41-17-15-40(3)16-18-41/h5-8,11,14,19-21,26,28H,4,9-10,12-13,15-18H2,1-3H3,(H,37,43)(H,36,38,39)/t26-,28-. The maximum Gasteiger partial charge on any atom is 0.260 e. The maximum atomic E-state index is 14.2. The Hall–Kier alpha value is -3.95. The molecule has 2 aromatic heterocycles. The number of carbonyl (C=O) groups excluding carboxylic acids is 1. The van der Waals surface area contributed by atoms with Gasteiger partial charge in [-0.3, -0.25) is 14.2 Å². The van der Waals surface area contributed by atoms with Crippen molar-refractivity contribution < 1.29 is 4.79 Å². The number of amides is 1. The topological polar surface area (TPSA) is 95.4 Å². The molecule has 4 aromatic rings. The first-order valence-corrected chi connectivity index (χ1v) is 16.0. The molecule has 1 amide bonds. The Morgan fingerprint density at radius 2 is 1.73 bits per heavy atom. The fourth-order valence-electron chi connectivity index (χ4n) is 6.43. The number of carbonyl (C=O) groups is 1. The highest BCUT2D eigenvalue weighted by molar-refractivity contribution is 6.30. The highest BCUT2D eigenvalue weighted by atomic mass is 35.5. The number of nitrogens with one attached hydrogen (secondary N) is 2. The van der Waals surface area contributed by atoms with E-state index in [1.165, 1.54) is 11.3 Å². The fraction of sp³-hybridized carbons (Fsp3) is 0.412. The number of hydrogen-bond donors (Lipinski definition) is 2. The molecule has 10 heteroatoms. The minimum atomic E-state index is -0.0853. The van der Waals surface area contributed by atoms with Gasteiger partial charge in [0.1, 0.15) is 5.65 Å². The first-order valence-electron chi connectivity index (χ1n) is 15.6. The Kier molecular flexibility index (Phi) is 8.86. The Balaban J connectivity index is 1.33. The summed E-state index contributed by atoms with van der Waals surface area (Å²) in [6.07, 6.45) is 5.42. The quantitative estimate of drug-likeness (QED) is 0.267. The Labute approximate surface area is 263 Å². The lowest BCUT2D eigenvalue weighted by molar-refractivity contribution is -0.121. The van der Waals surface area contributed by atoms with Crippen LogP contribution in [0.1, 0.15) is 50.6 Å². The Morgan fingerprint density at radius 1 is 1.00 bits per heavy atom. The highest BCUT2D eigenvalue weighted by Gasteiger charge is 2.27. The van der Waals surface area contributed by atoms with Crippen LogP contribution in [0.4, 0.5) is 17.3 Å². The van der Waals surface area contributed by atoms with E-state index in [0.717, 1.165) is 68.5 Å². The van der Waals surface area contributed by atoms with Crippen LogP contribution in [0.25, 0.3) is 22.2 Å². The Bertz CT molecular complexity index is 1710. The van der Waals surface area contributed by atoms with Gasteiger partial charge in [0.2, 0.25) is 11.9 Å². The first-order chi connectivity index (χ1) is 21.3. The second kappa shape index (κ2) is 13.0. The van der Waals surface area contributed by atoms with Gasteiger partial charge < -0.3 is 20.4 Å². The number of benzene rings is 2. The van der Waals surface area contributed by atoms with Crippen LogP contribution in [0.2, 0.25) is 5.02 Å². The molecule has 1 aliphatic heterocycles. The molecule has 230 valence electrons. The van der Waals surface area contributed by atoms with E-state index < -0.39 is 0 Å². The average Bonchev–Trinajstić information content (AvgIpc) is 3.02. The molecule has 1 saturated heterocycles. The number of rotatable bonds is 7. The van der Waals surface area contributed by atoms with Crippen LogP contribution in [0.3, 0.4) is 0 Å². The zero-order chi connectivity index (χ0) is 30.8. The minimum absolute atomic E-state index is 0.0418. The van der Waals surface area contributed by atoms with Crippen LogP contribution >= 0.6 is 11.6 Å². The molecule has 0 unspecified atom stereocenters. The summed E-state index contributed by atoms with van der Waals surface area (Å²) in [5.74, 6) is 0.511. The summed E-state index contributed by atoms with van der Waals surface area (Å²) in [5, 5.41) is 7.92. The second-order valence-electron chi connectivity index (χ2n) is 12.1. The number of nitrogens with zero attached hydrogens (tertiary/aromatic N) is 5. The van der Waals surface area contributed by atoms with Crippen molar-refractivity contribution in [2.24, 2.45) is 0 Å². The van der Waals surface area contributed by atoms with Crippen molar-refractivity contribution in [2.45, 2.75) is 58.0 Å². The number of piperazine rings is 1. The van der Waals surface area contributed by atoms with E-state index in [4.69, 9.17) is 16.6 Å². The monoisotopic (exact) mass is 613 g/mol. The molecular weight excluding hydrogens is 574 g/mol. The van der Waals surface area contributed by atoms with E-state index in [1.54, 1.807) is 18.3 Å².